The zero-order valence-electron chi connectivity index (χ0n) is 16.0. The topological polar surface area (TPSA) is 69.7 Å². The van der Waals surface area contributed by atoms with E-state index in [0.717, 1.165) is 18.8 Å². The van der Waals surface area contributed by atoms with E-state index in [-0.39, 0.29) is 42.5 Å². The molecule has 1 aliphatic heterocycles. The molecule has 1 aliphatic carbocycles. The van der Waals surface area contributed by atoms with E-state index in [9.17, 15) is 14.4 Å². The predicted octanol–water partition coefficient (Wildman–Crippen LogP) is 2.81. The Morgan fingerprint density at radius 1 is 1.04 bits per heavy atom. The number of allylic oxidation sites excluding steroid dienone is 2. The van der Waals surface area contributed by atoms with E-state index in [1.165, 1.54) is 4.90 Å². The fourth-order valence-electron chi connectivity index (χ4n) is 3.87. The summed E-state index contributed by atoms with van der Waals surface area (Å²) < 4.78 is 0. The number of benzene rings is 1. The van der Waals surface area contributed by atoms with Crippen molar-refractivity contribution in [2.75, 3.05) is 29.9 Å². The third kappa shape index (κ3) is 4.04. The first kappa shape index (κ1) is 19.1. The summed E-state index contributed by atoms with van der Waals surface area (Å²) in [7, 11) is 0. The Morgan fingerprint density at radius 3 is 2.11 bits per heavy atom. The van der Waals surface area contributed by atoms with Crippen LogP contribution in [0.25, 0.3) is 0 Å². The number of carbonyl (C=O) groups is 3. The second-order valence-corrected chi connectivity index (χ2v) is 7.00. The third-order valence-electron chi connectivity index (χ3n) is 5.44. The van der Waals surface area contributed by atoms with Crippen LogP contribution in [0.3, 0.4) is 0 Å². The minimum Gasteiger partial charge on any atom is -0.372 e. The predicted molar refractivity (Wildman–Crippen MR) is 105 cm³/mol. The number of amides is 3. The lowest BCUT2D eigenvalue weighted by atomic mass is 9.85. The maximum absolute atomic E-state index is 12.4. The molecule has 0 spiro atoms. The van der Waals surface area contributed by atoms with E-state index in [0.29, 0.717) is 18.5 Å². The number of nitrogens with one attached hydrogen (secondary N) is 1. The summed E-state index contributed by atoms with van der Waals surface area (Å²) in [6.07, 6.45) is 5.28. The minimum absolute atomic E-state index is 0.113. The van der Waals surface area contributed by atoms with Gasteiger partial charge in [0, 0.05) is 37.4 Å². The number of likely N-dealkylation sites (tertiary alicyclic amines) is 1. The van der Waals surface area contributed by atoms with Gasteiger partial charge in [0.1, 0.15) is 0 Å². The lowest BCUT2D eigenvalue weighted by Gasteiger charge is -2.21. The van der Waals surface area contributed by atoms with Gasteiger partial charge in [-0.05, 0) is 51.0 Å². The maximum atomic E-state index is 12.4. The van der Waals surface area contributed by atoms with Crippen molar-refractivity contribution in [1.82, 2.24) is 4.90 Å². The Kier molecular flexibility index (Phi) is 5.94. The second-order valence-electron chi connectivity index (χ2n) is 7.00. The molecule has 27 heavy (non-hydrogen) atoms. The number of hydrogen-bond donors (Lipinski definition) is 1. The van der Waals surface area contributed by atoms with Crippen LogP contribution >= 0.6 is 0 Å². The van der Waals surface area contributed by atoms with Crippen LogP contribution in [-0.2, 0) is 14.4 Å². The van der Waals surface area contributed by atoms with Crippen molar-refractivity contribution < 1.29 is 14.4 Å². The lowest BCUT2D eigenvalue weighted by Crippen LogP contribution is -2.34. The molecule has 3 amide bonds. The van der Waals surface area contributed by atoms with E-state index in [1.807, 2.05) is 36.4 Å². The molecular weight excluding hydrogens is 342 g/mol. The Bertz CT molecular complexity index is 712. The summed E-state index contributed by atoms with van der Waals surface area (Å²) in [5.41, 5.74) is 1.83. The highest BCUT2D eigenvalue weighted by atomic mass is 16.2. The van der Waals surface area contributed by atoms with Gasteiger partial charge in [0.25, 0.3) is 0 Å². The van der Waals surface area contributed by atoms with E-state index < -0.39 is 0 Å². The van der Waals surface area contributed by atoms with Gasteiger partial charge in [0.05, 0.1) is 11.8 Å². The molecule has 3 rings (SSSR count). The molecule has 1 fully saturated rings. The molecule has 2 unspecified atom stereocenters. The summed E-state index contributed by atoms with van der Waals surface area (Å²) in [6.45, 7) is 6.21. The number of rotatable bonds is 7. The van der Waals surface area contributed by atoms with Crippen molar-refractivity contribution in [2.45, 2.75) is 33.1 Å². The largest absolute Gasteiger partial charge is 0.372 e. The molecule has 0 aromatic heterocycles. The van der Waals surface area contributed by atoms with Crippen molar-refractivity contribution in [2.24, 2.45) is 11.8 Å². The van der Waals surface area contributed by atoms with Gasteiger partial charge in [0.2, 0.25) is 17.7 Å². The molecule has 2 atom stereocenters. The summed E-state index contributed by atoms with van der Waals surface area (Å²) in [5.74, 6) is -0.938. The summed E-state index contributed by atoms with van der Waals surface area (Å²) in [6, 6.07) is 7.71. The zero-order valence-corrected chi connectivity index (χ0v) is 16.0. The van der Waals surface area contributed by atoms with Crippen LogP contribution in [0, 0.1) is 11.8 Å². The maximum Gasteiger partial charge on any atom is 0.233 e. The Balaban J connectivity index is 1.53. The van der Waals surface area contributed by atoms with E-state index >= 15 is 0 Å². The van der Waals surface area contributed by atoms with Gasteiger partial charge in [-0.3, -0.25) is 19.3 Å². The number of fused-ring (bicyclic) bond motifs is 1. The average Bonchev–Trinajstić information content (AvgIpc) is 2.93. The fourth-order valence-corrected chi connectivity index (χ4v) is 3.87. The molecule has 144 valence electrons. The fraction of sp³-hybridized carbons (Fsp3) is 0.476. The lowest BCUT2D eigenvalue weighted by molar-refractivity contribution is -0.140. The second kappa shape index (κ2) is 8.37. The van der Waals surface area contributed by atoms with Crippen molar-refractivity contribution >= 4 is 29.1 Å². The first-order valence-electron chi connectivity index (χ1n) is 9.70. The molecule has 0 bridgehead atoms. The number of nitrogens with zero attached hydrogens (tertiary/aromatic N) is 2. The van der Waals surface area contributed by atoms with Crippen molar-refractivity contribution in [3.63, 3.8) is 0 Å². The smallest absolute Gasteiger partial charge is 0.233 e. The van der Waals surface area contributed by atoms with Gasteiger partial charge in [-0.15, -0.1) is 0 Å². The molecule has 1 aromatic carbocycles. The summed E-state index contributed by atoms with van der Waals surface area (Å²) in [4.78, 5) is 40.6. The van der Waals surface area contributed by atoms with Gasteiger partial charge < -0.3 is 10.2 Å². The third-order valence-corrected chi connectivity index (χ3v) is 5.44. The van der Waals surface area contributed by atoms with E-state index in [4.69, 9.17) is 0 Å². The average molecular weight is 369 g/mol. The zero-order chi connectivity index (χ0) is 19.4. The molecule has 1 saturated heterocycles. The molecule has 2 aliphatic rings. The van der Waals surface area contributed by atoms with Crippen LogP contribution in [0.5, 0.6) is 0 Å². The van der Waals surface area contributed by atoms with Crippen LogP contribution in [-0.4, -0.2) is 42.3 Å². The highest BCUT2D eigenvalue weighted by molar-refractivity contribution is 6.05. The monoisotopic (exact) mass is 369 g/mol. The van der Waals surface area contributed by atoms with Gasteiger partial charge in [-0.2, -0.15) is 0 Å². The van der Waals surface area contributed by atoms with Crippen molar-refractivity contribution in [3.8, 4) is 0 Å². The van der Waals surface area contributed by atoms with Gasteiger partial charge in [0.15, 0.2) is 0 Å². The number of hydrogen-bond acceptors (Lipinski definition) is 4. The molecule has 6 nitrogen and oxygen atoms in total. The van der Waals surface area contributed by atoms with E-state index in [1.54, 1.807) is 0 Å². The number of anilines is 2. The quantitative estimate of drug-likeness (QED) is 0.593. The SMILES string of the molecule is CCN(CC)c1ccc(NC(=O)CCN2C(=O)C3CC=CCC3C2=O)cc1. The van der Waals surface area contributed by atoms with Gasteiger partial charge in [-0.1, -0.05) is 12.2 Å². The van der Waals surface area contributed by atoms with Crippen molar-refractivity contribution in [3.05, 3.63) is 36.4 Å². The van der Waals surface area contributed by atoms with Crippen LogP contribution in [0.4, 0.5) is 11.4 Å². The summed E-state index contributed by atoms with van der Waals surface area (Å²) in [5, 5.41) is 2.84. The molecule has 6 heteroatoms. The Morgan fingerprint density at radius 2 is 1.59 bits per heavy atom. The Labute approximate surface area is 160 Å². The minimum atomic E-state index is -0.238. The van der Waals surface area contributed by atoms with Crippen LogP contribution in [0.2, 0.25) is 0 Å². The molecular formula is C21H27N3O3. The molecule has 1 N–H and O–H groups in total. The number of imide groups is 1. The number of carbonyl (C=O) groups excluding carboxylic acids is 3. The molecule has 0 radical (unpaired) electrons. The standard InChI is InChI=1S/C21H27N3O3/c1-3-23(4-2)16-11-9-15(10-12-16)22-19(25)13-14-24-20(26)17-7-5-6-8-18(17)21(24)27/h5-6,9-12,17-18H,3-4,7-8,13-14H2,1-2H3,(H,22,25). The molecule has 0 saturated carbocycles. The highest BCUT2D eigenvalue weighted by Crippen LogP contribution is 2.35. The first-order chi connectivity index (χ1) is 13.0. The van der Waals surface area contributed by atoms with Crippen LogP contribution < -0.4 is 10.2 Å². The summed E-state index contributed by atoms with van der Waals surface area (Å²) >= 11 is 0. The van der Waals surface area contributed by atoms with Gasteiger partial charge in [-0.25, -0.2) is 0 Å². The molecule has 1 aromatic rings. The van der Waals surface area contributed by atoms with Crippen LogP contribution in [0.15, 0.2) is 36.4 Å². The van der Waals surface area contributed by atoms with E-state index in [2.05, 4.69) is 24.1 Å². The highest BCUT2D eigenvalue weighted by Gasteiger charge is 2.46. The molecule has 1 heterocycles. The normalized spacial score (nSPS) is 21.3. The van der Waals surface area contributed by atoms with Crippen LogP contribution in [0.1, 0.15) is 33.1 Å². The van der Waals surface area contributed by atoms with Gasteiger partial charge >= 0.3 is 0 Å². The van der Waals surface area contributed by atoms with Crippen molar-refractivity contribution in [1.29, 1.82) is 0 Å². The Hall–Kier alpha value is -2.63. The first-order valence-corrected chi connectivity index (χ1v) is 9.70.